The van der Waals surface area contributed by atoms with Gasteiger partial charge in [0.05, 0.1) is 6.42 Å². The highest BCUT2D eigenvalue weighted by Crippen LogP contribution is 2.29. The van der Waals surface area contributed by atoms with Gasteiger partial charge < -0.3 is 15.0 Å². The summed E-state index contributed by atoms with van der Waals surface area (Å²) < 4.78 is 5.39. The molecule has 22 heavy (non-hydrogen) atoms. The van der Waals surface area contributed by atoms with E-state index in [-0.39, 0.29) is 12.0 Å². The second-order valence-corrected chi connectivity index (χ2v) is 6.69. The van der Waals surface area contributed by atoms with Gasteiger partial charge in [-0.3, -0.25) is 4.79 Å². The van der Waals surface area contributed by atoms with E-state index in [0.29, 0.717) is 19.5 Å². The average molecular weight is 300 g/mol. The maximum absolute atomic E-state index is 12.1. The van der Waals surface area contributed by atoms with Crippen molar-refractivity contribution in [3.8, 4) is 0 Å². The Morgan fingerprint density at radius 2 is 2.09 bits per heavy atom. The number of rotatable bonds is 1. The van der Waals surface area contributed by atoms with Crippen molar-refractivity contribution in [3.63, 3.8) is 0 Å². The Labute approximate surface area is 129 Å². The smallest absolute Gasteiger partial charge is 0.410 e. The number of fused-ring (bicyclic) bond motifs is 1. The third-order valence-electron chi connectivity index (χ3n) is 3.68. The first-order valence-corrected chi connectivity index (χ1v) is 7.42. The first kappa shape index (κ1) is 14.6. The van der Waals surface area contributed by atoms with E-state index in [2.05, 4.69) is 5.32 Å². The van der Waals surface area contributed by atoms with Crippen molar-refractivity contribution in [2.75, 3.05) is 18.4 Å². The fourth-order valence-corrected chi connectivity index (χ4v) is 2.64. The Morgan fingerprint density at radius 1 is 1.32 bits per heavy atom. The van der Waals surface area contributed by atoms with Gasteiger partial charge in [0.15, 0.2) is 0 Å². The molecule has 1 aromatic carbocycles. The number of benzene rings is 1. The maximum Gasteiger partial charge on any atom is 0.410 e. The second-order valence-electron chi connectivity index (χ2n) is 6.69. The van der Waals surface area contributed by atoms with Gasteiger partial charge in [-0.1, -0.05) is 18.2 Å². The van der Waals surface area contributed by atoms with Crippen LogP contribution in [0.4, 0.5) is 10.5 Å². The molecule has 5 heteroatoms. The zero-order valence-corrected chi connectivity index (χ0v) is 13.1. The summed E-state index contributed by atoms with van der Waals surface area (Å²) in [7, 11) is 0. The first-order chi connectivity index (χ1) is 10.3. The van der Waals surface area contributed by atoms with Crippen LogP contribution in [0.2, 0.25) is 0 Å². The van der Waals surface area contributed by atoms with Gasteiger partial charge in [-0.2, -0.15) is 0 Å². The van der Waals surface area contributed by atoms with E-state index < -0.39 is 5.60 Å². The minimum Gasteiger partial charge on any atom is -0.444 e. The molecule has 0 bridgehead atoms. The lowest BCUT2D eigenvalue weighted by molar-refractivity contribution is -0.115. The fraction of sp³-hybridized carbons (Fsp3) is 0.412. The van der Waals surface area contributed by atoms with E-state index in [1.165, 1.54) is 0 Å². The summed E-state index contributed by atoms with van der Waals surface area (Å²) >= 11 is 0. The number of nitrogens with one attached hydrogen (secondary N) is 1. The van der Waals surface area contributed by atoms with Crippen LogP contribution < -0.4 is 5.32 Å². The largest absolute Gasteiger partial charge is 0.444 e. The van der Waals surface area contributed by atoms with Crippen molar-refractivity contribution >= 4 is 23.3 Å². The summed E-state index contributed by atoms with van der Waals surface area (Å²) in [6.07, 6.45) is 2.18. The lowest BCUT2D eigenvalue weighted by atomic mass is 10.0. The van der Waals surface area contributed by atoms with Crippen molar-refractivity contribution in [1.82, 2.24) is 4.90 Å². The molecular formula is C17H20N2O3. The number of hydrogen-bond donors (Lipinski definition) is 1. The predicted octanol–water partition coefficient (Wildman–Crippen LogP) is 2.82. The lowest BCUT2D eigenvalue weighted by Crippen LogP contribution is -2.35. The number of anilines is 1. The Balaban J connectivity index is 1.70. The molecule has 0 radical (unpaired) electrons. The molecule has 2 amide bonds. The first-order valence-electron chi connectivity index (χ1n) is 7.42. The number of hydrogen-bond acceptors (Lipinski definition) is 3. The molecule has 116 valence electrons. The van der Waals surface area contributed by atoms with Crippen LogP contribution in [0.15, 0.2) is 24.3 Å². The van der Waals surface area contributed by atoms with Gasteiger partial charge in [0.25, 0.3) is 0 Å². The van der Waals surface area contributed by atoms with Crippen LogP contribution in [-0.4, -0.2) is 35.6 Å². The molecule has 0 unspecified atom stereocenters. The van der Waals surface area contributed by atoms with Crippen LogP contribution in [0.25, 0.3) is 5.57 Å². The van der Waals surface area contributed by atoms with E-state index in [1.807, 2.05) is 45.0 Å². The fourth-order valence-electron chi connectivity index (χ4n) is 2.64. The number of ether oxygens (including phenoxy) is 1. The minimum absolute atomic E-state index is 0.0305. The summed E-state index contributed by atoms with van der Waals surface area (Å²) in [4.78, 5) is 25.2. The molecule has 0 aliphatic carbocycles. The Morgan fingerprint density at radius 3 is 2.82 bits per heavy atom. The molecule has 0 saturated carbocycles. The van der Waals surface area contributed by atoms with Crippen molar-refractivity contribution in [3.05, 3.63) is 35.4 Å². The van der Waals surface area contributed by atoms with Gasteiger partial charge >= 0.3 is 6.09 Å². The SMILES string of the molecule is CC(C)(C)OC(=O)N1CC=C(c2ccc3c(c2)NC(=O)C3)C1. The summed E-state index contributed by atoms with van der Waals surface area (Å²) in [5.41, 5.74) is 3.52. The number of nitrogens with zero attached hydrogens (tertiary/aromatic N) is 1. The van der Waals surface area contributed by atoms with Gasteiger partial charge in [0.2, 0.25) is 5.91 Å². The molecular weight excluding hydrogens is 280 g/mol. The second kappa shape index (κ2) is 5.16. The summed E-state index contributed by atoms with van der Waals surface area (Å²) in [6, 6.07) is 5.95. The molecule has 0 aromatic heterocycles. The maximum atomic E-state index is 12.1. The standard InChI is InChI=1S/C17H20N2O3/c1-17(2,3)22-16(21)19-7-6-13(10-19)11-4-5-12-9-15(20)18-14(12)8-11/h4-6,8H,7,9-10H2,1-3H3,(H,18,20). The molecule has 0 spiro atoms. The molecule has 3 rings (SSSR count). The molecule has 2 aliphatic rings. The molecule has 1 aromatic rings. The van der Waals surface area contributed by atoms with Crippen molar-refractivity contribution in [1.29, 1.82) is 0 Å². The third kappa shape index (κ3) is 2.98. The van der Waals surface area contributed by atoms with Crippen LogP contribution >= 0.6 is 0 Å². The van der Waals surface area contributed by atoms with Gasteiger partial charge in [0.1, 0.15) is 5.60 Å². The van der Waals surface area contributed by atoms with Gasteiger partial charge in [-0.25, -0.2) is 4.79 Å². The van der Waals surface area contributed by atoms with Crippen LogP contribution in [0.1, 0.15) is 31.9 Å². The highest BCUT2D eigenvalue weighted by molar-refractivity contribution is 5.99. The topological polar surface area (TPSA) is 58.6 Å². The lowest BCUT2D eigenvalue weighted by Gasteiger charge is -2.24. The molecule has 5 nitrogen and oxygen atoms in total. The van der Waals surface area contributed by atoms with Crippen LogP contribution in [-0.2, 0) is 16.0 Å². The zero-order chi connectivity index (χ0) is 15.9. The van der Waals surface area contributed by atoms with Gasteiger partial charge in [-0.05, 0) is 43.5 Å². The van der Waals surface area contributed by atoms with Crippen molar-refractivity contribution in [2.45, 2.75) is 32.8 Å². The quantitative estimate of drug-likeness (QED) is 0.867. The monoisotopic (exact) mass is 300 g/mol. The van der Waals surface area contributed by atoms with Crippen molar-refractivity contribution < 1.29 is 14.3 Å². The molecule has 2 aliphatic heterocycles. The highest BCUT2D eigenvalue weighted by Gasteiger charge is 2.26. The van der Waals surface area contributed by atoms with E-state index >= 15 is 0 Å². The summed E-state index contributed by atoms with van der Waals surface area (Å²) in [5, 5.41) is 2.85. The molecule has 0 saturated heterocycles. The third-order valence-corrected chi connectivity index (χ3v) is 3.68. The van der Waals surface area contributed by atoms with E-state index in [1.54, 1.807) is 4.90 Å². The minimum atomic E-state index is -0.488. The Hall–Kier alpha value is -2.30. The van der Waals surface area contributed by atoms with Gasteiger partial charge in [0, 0.05) is 18.8 Å². The molecule has 1 N–H and O–H groups in total. The predicted molar refractivity (Wildman–Crippen MR) is 84.6 cm³/mol. The molecule has 0 fully saturated rings. The molecule has 2 heterocycles. The van der Waals surface area contributed by atoms with E-state index in [4.69, 9.17) is 4.74 Å². The zero-order valence-electron chi connectivity index (χ0n) is 13.1. The Kier molecular flexibility index (Phi) is 3.43. The Bertz CT molecular complexity index is 671. The van der Waals surface area contributed by atoms with Crippen LogP contribution in [0.3, 0.4) is 0 Å². The van der Waals surface area contributed by atoms with Gasteiger partial charge in [-0.15, -0.1) is 0 Å². The number of carbonyl (C=O) groups is 2. The average Bonchev–Trinajstić information content (AvgIpc) is 3.00. The number of carbonyl (C=O) groups excluding carboxylic acids is 2. The number of amides is 2. The van der Waals surface area contributed by atoms with Crippen molar-refractivity contribution in [2.24, 2.45) is 0 Å². The van der Waals surface area contributed by atoms with E-state index in [9.17, 15) is 9.59 Å². The van der Waals surface area contributed by atoms with E-state index in [0.717, 1.165) is 22.4 Å². The normalized spacial score (nSPS) is 17.1. The molecule has 0 atom stereocenters. The van der Waals surface area contributed by atoms with Crippen LogP contribution in [0.5, 0.6) is 0 Å². The van der Waals surface area contributed by atoms with Crippen LogP contribution in [0, 0.1) is 0 Å². The summed E-state index contributed by atoms with van der Waals surface area (Å²) in [5.74, 6) is 0.0305. The summed E-state index contributed by atoms with van der Waals surface area (Å²) in [6.45, 7) is 6.66. The highest BCUT2D eigenvalue weighted by atomic mass is 16.6.